The van der Waals surface area contributed by atoms with Crippen LogP contribution in [0.2, 0.25) is 0 Å². The zero-order chi connectivity index (χ0) is 21.8. The Kier molecular flexibility index (Phi) is 6.47. The molecule has 160 valence electrons. The van der Waals surface area contributed by atoms with Crippen molar-refractivity contribution in [2.45, 2.75) is 12.5 Å². The van der Waals surface area contributed by atoms with Crippen molar-refractivity contribution in [3.8, 4) is 11.5 Å². The van der Waals surface area contributed by atoms with E-state index in [4.69, 9.17) is 13.9 Å². The maximum Gasteiger partial charge on any atom is 0.290 e. The molecule has 1 aliphatic heterocycles. The molecule has 1 atom stereocenters. The van der Waals surface area contributed by atoms with E-state index < -0.39 is 23.5 Å². The number of aliphatic hydroxyl groups excluding tert-OH is 1. The maximum absolute atomic E-state index is 13.1. The van der Waals surface area contributed by atoms with Gasteiger partial charge in [-0.25, -0.2) is 0 Å². The van der Waals surface area contributed by atoms with Gasteiger partial charge in [-0.3, -0.25) is 9.59 Å². The molecule has 2 heterocycles. The molecule has 0 unspecified atom stereocenters. The molecule has 8 nitrogen and oxygen atoms in total. The number of carbonyl (C=O) groups excluding carboxylic acids is 2. The minimum atomic E-state index is -0.757. The number of nitrogens with one attached hydrogen (secondary N) is 1. The molecule has 0 radical (unpaired) electrons. The predicted octanol–water partition coefficient (Wildman–Crippen LogP) is 1.41. The number of hydrogen-bond acceptors (Lipinski definition) is 6. The molecular weight excluding hydrogens is 388 g/mol. The minimum Gasteiger partial charge on any atom is -0.503 e. The summed E-state index contributed by atoms with van der Waals surface area (Å²) >= 11 is 0. The van der Waals surface area contributed by atoms with Gasteiger partial charge < -0.3 is 28.8 Å². The number of carbonyl (C=O) groups is 2. The van der Waals surface area contributed by atoms with Crippen LogP contribution in [0.5, 0.6) is 11.5 Å². The number of benzene rings is 1. The van der Waals surface area contributed by atoms with Gasteiger partial charge in [0.2, 0.25) is 5.78 Å². The second kappa shape index (κ2) is 9.04. The van der Waals surface area contributed by atoms with Crippen LogP contribution in [0.3, 0.4) is 0 Å². The van der Waals surface area contributed by atoms with Crippen LogP contribution >= 0.6 is 0 Å². The highest BCUT2D eigenvalue weighted by atomic mass is 16.5. The lowest BCUT2D eigenvalue weighted by Crippen LogP contribution is -3.05. The lowest BCUT2D eigenvalue weighted by Gasteiger charge is -2.27. The summed E-state index contributed by atoms with van der Waals surface area (Å²) in [4.78, 5) is 28.8. The van der Waals surface area contributed by atoms with Crippen molar-refractivity contribution >= 4 is 11.7 Å². The zero-order valence-corrected chi connectivity index (χ0v) is 17.6. The fourth-order valence-corrected chi connectivity index (χ4v) is 3.63. The molecule has 8 heteroatoms. The number of aliphatic hydroxyl groups is 1. The summed E-state index contributed by atoms with van der Waals surface area (Å²) in [5.41, 5.74) is 0.636. The maximum atomic E-state index is 13.1. The minimum absolute atomic E-state index is 0.000583. The quantitative estimate of drug-likeness (QED) is 0.602. The molecule has 1 aliphatic rings. The first-order chi connectivity index (χ1) is 14.4. The summed E-state index contributed by atoms with van der Waals surface area (Å²) in [6.07, 6.45) is 2.10. The predicted molar refractivity (Wildman–Crippen MR) is 109 cm³/mol. The Morgan fingerprint density at radius 1 is 1.20 bits per heavy atom. The van der Waals surface area contributed by atoms with E-state index in [9.17, 15) is 14.7 Å². The van der Waals surface area contributed by atoms with Crippen molar-refractivity contribution in [2.75, 3.05) is 41.4 Å². The van der Waals surface area contributed by atoms with Gasteiger partial charge >= 0.3 is 0 Å². The molecule has 0 saturated carbocycles. The van der Waals surface area contributed by atoms with Crippen molar-refractivity contribution in [2.24, 2.45) is 0 Å². The van der Waals surface area contributed by atoms with Gasteiger partial charge in [0.1, 0.15) is 0 Å². The molecule has 3 rings (SSSR count). The van der Waals surface area contributed by atoms with Gasteiger partial charge in [-0.2, -0.15) is 0 Å². The van der Waals surface area contributed by atoms with Crippen molar-refractivity contribution in [1.82, 2.24) is 4.90 Å². The average Bonchev–Trinajstić information content (AvgIpc) is 3.35. The second-order valence-electron chi connectivity index (χ2n) is 7.39. The van der Waals surface area contributed by atoms with E-state index in [-0.39, 0.29) is 11.3 Å². The first-order valence-corrected chi connectivity index (χ1v) is 9.72. The van der Waals surface area contributed by atoms with E-state index in [1.54, 1.807) is 24.3 Å². The zero-order valence-electron chi connectivity index (χ0n) is 17.6. The van der Waals surface area contributed by atoms with Gasteiger partial charge in [0, 0.05) is 13.0 Å². The Morgan fingerprint density at radius 2 is 1.93 bits per heavy atom. The molecule has 0 bridgehead atoms. The summed E-state index contributed by atoms with van der Waals surface area (Å²) in [6.45, 7) is 1.23. The normalized spacial score (nSPS) is 16.5. The third-order valence-corrected chi connectivity index (χ3v) is 5.09. The Morgan fingerprint density at radius 3 is 2.53 bits per heavy atom. The first-order valence-electron chi connectivity index (χ1n) is 9.72. The third kappa shape index (κ3) is 4.04. The third-order valence-electron chi connectivity index (χ3n) is 5.09. The Balaban J connectivity index is 2.05. The van der Waals surface area contributed by atoms with Crippen LogP contribution < -0.4 is 14.4 Å². The summed E-state index contributed by atoms with van der Waals surface area (Å²) in [6, 6.07) is 7.53. The summed E-state index contributed by atoms with van der Waals surface area (Å²) < 4.78 is 15.9. The molecule has 1 aromatic heterocycles. The lowest BCUT2D eigenvalue weighted by molar-refractivity contribution is -0.858. The highest BCUT2D eigenvalue weighted by molar-refractivity contribution is 6.15. The van der Waals surface area contributed by atoms with E-state index in [0.717, 1.165) is 6.54 Å². The smallest absolute Gasteiger partial charge is 0.290 e. The highest BCUT2D eigenvalue weighted by Gasteiger charge is 2.44. The fraction of sp³-hybridized carbons (Fsp3) is 0.364. The molecule has 0 aliphatic carbocycles. The van der Waals surface area contributed by atoms with E-state index >= 15 is 0 Å². The van der Waals surface area contributed by atoms with Gasteiger partial charge in [-0.05, 0) is 29.8 Å². The number of amides is 1. The van der Waals surface area contributed by atoms with Crippen LogP contribution in [0.25, 0.3) is 0 Å². The topological polar surface area (TPSA) is 93.7 Å². The number of Topliss-reactive ketones (excluding diaryl/α,β-unsaturated/α-hetero) is 1. The van der Waals surface area contributed by atoms with Gasteiger partial charge in [0.05, 0.1) is 52.7 Å². The average molecular weight is 415 g/mol. The molecular formula is C22H27N2O6+. The largest absolute Gasteiger partial charge is 0.503 e. The summed E-state index contributed by atoms with van der Waals surface area (Å²) in [5.74, 6) is -0.579. The van der Waals surface area contributed by atoms with Gasteiger partial charge in [0.25, 0.3) is 5.91 Å². The molecule has 1 amide bonds. The van der Waals surface area contributed by atoms with Crippen LogP contribution in [0.15, 0.2) is 52.3 Å². The van der Waals surface area contributed by atoms with E-state index in [1.165, 1.54) is 36.3 Å². The molecule has 2 N–H and O–H groups in total. The highest BCUT2D eigenvalue weighted by Crippen LogP contribution is 2.41. The Bertz CT molecular complexity index is 949. The lowest BCUT2D eigenvalue weighted by atomic mass is 9.94. The molecule has 2 aromatic rings. The second-order valence-corrected chi connectivity index (χ2v) is 7.39. The van der Waals surface area contributed by atoms with Crippen molar-refractivity contribution in [3.05, 3.63) is 59.3 Å². The van der Waals surface area contributed by atoms with Gasteiger partial charge in [0.15, 0.2) is 23.0 Å². The van der Waals surface area contributed by atoms with Gasteiger partial charge in [-0.15, -0.1) is 0 Å². The van der Waals surface area contributed by atoms with Crippen LogP contribution in [0, 0.1) is 0 Å². The first kappa shape index (κ1) is 21.4. The SMILES string of the molecule is COc1ccc([C@H]2C(C(=O)c3ccco3)=C(O)C(=O)N2CCC[NH+](C)C)cc1OC. The molecule has 0 saturated heterocycles. The Labute approximate surface area is 175 Å². The number of hydrogen-bond donors (Lipinski definition) is 2. The fourth-order valence-electron chi connectivity index (χ4n) is 3.63. The molecule has 30 heavy (non-hydrogen) atoms. The van der Waals surface area contributed by atoms with Gasteiger partial charge in [-0.1, -0.05) is 6.07 Å². The number of ketones is 1. The number of ether oxygens (including phenoxy) is 2. The molecule has 0 fully saturated rings. The monoisotopic (exact) mass is 415 g/mol. The number of quaternary nitrogens is 1. The van der Waals surface area contributed by atoms with Crippen LogP contribution in [-0.2, 0) is 4.79 Å². The molecule has 1 aromatic carbocycles. The van der Waals surface area contributed by atoms with Crippen LogP contribution in [-0.4, -0.2) is 63.1 Å². The summed E-state index contributed by atoms with van der Waals surface area (Å²) in [5, 5.41) is 10.6. The summed E-state index contributed by atoms with van der Waals surface area (Å²) in [7, 11) is 7.10. The van der Waals surface area contributed by atoms with Crippen LogP contribution in [0.4, 0.5) is 0 Å². The Hall–Kier alpha value is -3.26. The number of rotatable bonds is 9. The standard InChI is InChI=1S/C22H26N2O6/c1-23(2)10-6-11-24-19(14-8-9-15(28-3)17(13-14)29-4)18(21(26)22(24)27)20(25)16-7-5-12-30-16/h5,7-9,12-13,19,26H,6,10-11H2,1-4H3/p+1/t19-/m0/s1. The van der Waals surface area contributed by atoms with E-state index in [0.29, 0.717) is 30.0 Å². The number of nitrogens with zero attached hydrogens (tertiary/aromatic N) is 1. The molecule has 0 spiro atoms. The number of furan rings is 1. The van der Waals surface area contributed by atoms with Crippen LogP contribution in [0.1, 0.15) is 28.6 Å². The van der Waals surface area contributed by atoms with Crippen molar-refractivity contribution in [3.63, 3.8) is 0 Å². The van der Waals surface area contributed by atoms with E-state index in [1.807, 2.05) is 14.1 Å². The van der Waals surface area contributed by atoms with Crippen molar-refractivity contribution in [1.29, 1.82) is 0 Å². The number of methoxy groups -OCH3 is 2. The van der Waals surface area contributed by atoms with E-state index in [2.05, 4.69) is 0 Å². The van der Waals surface area contributed by atoms with Crippen molar-refractivity contribution < 1.29 is 33.5 Å².